The largest absolute Gasteiger partial charge is 0.391 e. The highest BCUT2D eigenvalue weighted by molar-refractivity contribution is 7.21. The molecule has 0 saturated carbocycles. The molecule has 0 aliphatic rings. The van der Waals surface area contributed by atoms with Gasteiger partial charge in [0.1, 0.15) is 4.88 Å². The highest BCUT2D eigenvalue weighted by atomic mass is 35.5. The Labute approximate surface area is 121 Å². The van der Waals surface area contributed by atoms with E-state index in [0.29, 0.717) is 9.90 Å². The van der Waals surface area contributed by atoms with E-state index in [1.807, 2.05) is 24.3 Å². The van der Waals surface area contributed by atoms with Crippen molar-refractivity contribution >= 4 is 38.9 Å². The van der Waals surface area contributed by atoms with Gasteiger partial charge in [-0.05, 0) is 26.8 Å². The lowest BCUT2D eigenvalue weighted by Crippen LogP contribution is -2.50. The monoisotopic (exact) mass is 297 g/mol. The number of hydrogen-bond donors (Lipinski definition) is 2. The molecule has 1 amide bonds. The van der Waals surface area contributed by atoms with Crippen LogP contribution in [0.15, 0.2) is 24.3 Å². The van der Waals surface area contributed by atoms with Crippen molar-refractivity contribution in [2.45, 2.75) is 32.4 Å². The van der Waals surface area contributed by atoms with Gasteiger partial charge in [0.2, 0.25) is 0 Å². The maximum Gasteiger partial charge on any atom is 0.263 e. The minimum absolute atomic E-state index is 0.253. The summed E-state index contributed by atoms with van der Waals surface area (Å²) in [5.74, 6) is -0.253. The van der Waals surface area contributed by atoms with Crippen molar-refractivity contribution in [3.05, 3.63) is 34.2 Å². The fourth-order valence-electron chi connectivity index (χ4n) is 1.61. The van der Waals surface area contributed by atoms with Gasteiger partial charge in [-0.1, -0.05) is 29.8 Å². The summed E-state index contributed by atoms with van der Waals surface area (Å²) in [6, 6.07) is 7.63. The van der Waals surface area contributed by atoms with Crippen molar-refractivity contribution in [2.75, 3.05) is 0 Å². The molecule has 0 radical (unpaired) electrons. The van der Waals surface area contributed by atoms with E-state index in [2.05, 4.69) is 5.32 Å². The summed E-state index contributed by atoms with van der Waals surface area (Å²) in [6.45, 7) is 5.19. The summed E-state index contributed by atoms with van der Waals surface area (Å²) in [6.07, 6.45) is -0.649. The molecule has 1 unspecified atom stereocenters. The molecule has 1 atom stereocenters. The molecule has 0 saturated heterocycles. The van der Waals surface area contributed by atoms with Crippen LogP contribution >= 0.6 is 22.9 Å². The molecule has 0 fully saturated rings. The van der Waals surface area contributed by atoms with Gasteiger partial charge in [0, 0.05) is 10.1 Å². The Balaban J connectivity index is 2.35. The molecule has 0 aliphatic heterocycles. The Morgan fingerprint density at radius 2 is 2.05 bits per heavy atom. The van der Waals surface area contributed by atoms with Crippen LogP contribution in [0.25, 0.3) is 10.1 Å². The van der Waals surface area contributed by atoms with Gasteiger partial charge in [-0.2, -0.15) is 0 Å². The maximum atomic E-state index is 12.3. The van der Waals surface area contributed by atoms with Gasteiger partial charge < -0.3 is 10.4 Å². The zero-order valence-electron chi connectivity index (χ0n) is 11.0. The van der Waals surface area contributed by atoms with Gasteiger partial charge in [0.25, 0.3) is 5.91 Å². The zero-order valence-corrected chi connectivity index (χ0v) is 12.6. The third-order valence-electron chi connectivity index (χ3n) is 3.22. The van der Waals surface area contributed by atoms with Crippen LogP contribution in [-0.4, -0.2) is 22.7 Å². The van der Waals surface area contributed by atoms with Crippen molar-refractivity contribution in [3.63, 3.8) is 0 Å². The second-order valence-electron chi connectivity index (χ2n) is 5.09. The van der Waals surface area contributed by atoms with Crippen LogP contribution in [0.1, 0.15) is 30.4 Å². The number of thiophene rings is 1. The number of amides is 1. The minimum atomic E-state index is -0.698. The van der Waals surface area contributed by atoms with Crippen LogP contribution in [0.2, 0.25) is 5.02 Å². The molecule has 5 heteroatoms. The number of carbonyl (C=O) groups excluding carboxylic acids is 1. The van der Waals surface area contributed by atoms with E-state index in [9.17, 15) is 9.90 Å². The molecule has 1 aromatic carbocycles. The van der Waals surface area contributed by atoms with Crippen LogP contribution in [0.5, 0.6) is 0 Å². The first-order valence-electron chi connectivity index (χ1n) is 6.00. The number of carbonyl (C=O) groups is 1. The second-order valence-corrected chi connectivity index (χ2v) is 6.52. The topological polar surface area (TPSA) is 49.3 Å². The number of nitrogens with one attached hydrogen (secondary N) is 1. The van der Waals surface area contributed by atoms with Gasteiger partial charge >= 0.3 is 0 Å². The van der Waals surface area contributed by atoms with E-state index in [0.717, 1.165) is 10.1 Å². The summed E-state index contributed by atoms with van der Waals surface area (Å²) in [7, 11) is 0. The molecule has 102 valence electrons. The molecule has 0 aliphatic carbocycles. The Bertz CT molecular complexity index is 619. The molecule has 0 spiro atoms. The summed E-state index contributed by atoms with van der Waals surface area (Å²) < 4.78 is 0.979. The first-order chi connectivity index (χ1) is 8.83. The van der Waals surface area contributed by atoms with Crippen molar-refractivity contribution in [1.29, 1.82) is 0 Å². The van der Waals surface area contributed by atoms with Crippen molar-refractivity contribution in [1.82, 2.24) is 5.32 Å². The summed E-state index contributed by atoms with van der Waals surface area (Å²) in [5.41, 5.74) is -0.698. The molecule has 0 bridgehead atoms. The lowest BCUT2D eigenvalue weighted by Gasteiger charge is -2.29. The van der Waals surface area contributed by atoms with Gasteiger partial charge in [-0.3, -0.25) is 4.79 Å². The van der Waals surface area contributed by atoms with Gasteiger partial charge in [0.05, 0.1) is 16.7 Å². The molecule has 1 heterocycles. The summed E-state index contributed by atoms with van der Waals surface area (Å²) in [5, 5.41) is 13.8. The van der Waals surface area contributed by atoms with E-state index >= 15 is 0 Å². The van der Waals surface area contributed by atoms with Gasteiger partial charge in [0.15, 0.2) is 0 Å². The Kier molecular flexibility index (Phi) is 3.85. The number of halogens is 1. The molecule has 2 aromatic rings. The average Bonchev–Trinajstić information content (AvgIpc) is 2.67. The predicted octanol–water partition coefficient (Wildman–Crippen LogP) is 3.44. The third kappa shape index (κ3) is 2.76. The number of fused-ring (bicyclic) bond motifs is 1. The SMILES string of the molecule is CC(O)C(C)(C)NC(=O)c1sc2ccccc2c1Cl. The van der Waals surface area contributed by atoms with E-state index < -0.39 is 11.6 Å². The smallest absolute Gasteiger partial charge is 0.263 e. The van der Waals surface area contributed by atoms with Crippen LogP contribution in [0, 0.1) is 0 Å². The number of aliphatic hydroxyl groups is 1. The standard InChI is InChI=1S/C14H16ClNO2S/c1-8(17)14(2,3)16-13(18)12-11(15)9-6-4-5-7-10(9)19-12/h4-8,17H,1-3H3,(H,16,18). The normalized spacial score (nSPS) is 13.5. The Morgan fingerprint density at radius 1 is 1.42 bits per heavy atom. The minimum Gasteiger partial charge on any atom is -0.391 e. The van der Waals surface area contributed by atoms with Gasteiger partial charge in [-0.15, -0.1) is 11.3 Å². The lowest BCUT2D eigenvalue weighted by molar-refractivity contribution is 0.0713. The summed E-state index contributed by atoms with van der Waals surface area (Å²) >= 11 is 7.61. The average molecular weight is 298 g/mol. The lowest BCUT2D eigenvalue weighted by atomic mass is 9.99. The number of rotatable bonds is 3. The predicted molar refractivity (Wildman–Crippen MR) is 80.1 cm³/mol. The van der Waals surface area contributed by atoms with Gasteiger partial charge in [-0.25, -0.2) is 0 Å². The highest BCUT2D eigenvalue weighted by Crippen LogP contribution is 2.35. The van der Waals surface area contributed by atoms with E-state index in [1.165, 1.54) is 11.3 Å². The Hall–Kier alpha value is -1.10. The zero-order chi connectivity index (χ0) is 14.2. The van der Waals surface area contributed by atoms with E-state index in [-0.39, 0.29) is 5.91 Å². The first-order valence-corrected chi connectivity index (χ1v) is 7.20. The molecule has 3 nitrogen and oxygen atoms in total. The van der Waals surface area contributed by atoms with E-state index in [4.69, 9.17) is 11.6 Å². The number of benzene rings is 1. The maximum absolute atomic E-state index is 12.3. The van der Waals surface area contributed by atoms with E-state index in [1.54, 1.807) is 20.8 Å². The fraction of sp³-hybridized carbons (Fsp3) is 0.357. The van der Waals surface area contributed by atoms with Crippen LogP contribution in [-0.2, 0) is 0 Å². The van der Waals surface area contributed by atoms with Crippen molar-refractivity contribution in [2.24, 2.45) is 0 Å². The fourth-order valence-corrected chi connectivity index (χ4v) is 3.03. The molecule has 2 rings (SSSR count). The van der Waals surface area contributed by atoms with Crippen molar-refractivity contribution in [3.8, 4) is 0 Å². The highest BCUT2D eigenvalue weighted by Gasteiger charge is 2.28. The first kappa shape index (κ1) is 14.3. The molecule has 19 heavy (non-hydrogen) atoms. The van der Waals surface area contributed by atoms with Crippen molar-refractivity contribution < 1.29 is 9.90 Å². The summed E-state index contributed by atoms with van der Waals surface area (Å²) in [4.78, 5) is 12.7. The molecule has 2 N–H and O–H groups in total. The van der Waals surface area contributed by atoms with Crippen LogP contribution < -0.4 is 5.32 Å². The second kappa shape index (κ2) is 5.12. The third-order valence-corrected chi connectivity index (χ3v) is 4.90. The van der Waals surface area contributed by atoms with Crippen LogP contribution in [0.4, 0.5) is 0 Å². The quantitative estimate of drug-likeness (QED) is 0.912. The molecular weight excluding hydrogens is 282 g/mol. The molecule has 1 aromatic heterocycles. The molecular formula is C14H16ClNO2S. The number of aliphatic hydroxyl groups excluding tert-OH is 1. The Morgan fingerprint density at radius 3 is 2.63 bits per heavy atom. The number of hydrogen-bond acceptors (Lipinski definition) is 3. The van der Waals surface area contributed by atoms with Crippen LogP contribution in [0.3, 0.4) is 0 Å².